The Morgan fingerprint density at radius 2 is 1.86 bits per heavy atom. The van der Waals surface area contributed by atoms with Crippen molar-refractivity contribution in [2.75, 3.05) is 26.5 Å². The summed E-state index contributed by atoms with van der Waals surface area (Å²) in [5.74, 6) is 2.26. The number of methoxy groups -OCH3 is 2. The largest absolute Gasteiger partial charge is 0.493 e. The summed E-state index contributed by atoms with van der Waals surface area (Å²) in [6, 6.07) is 5.53. The van der Waals surface area contributed by atoms with Crippen LogP contribution in [0.3, 0.4) is 0 Å². The Morgan fingerprint density at radius 1 is 1.19 bits per heavy atom. The van der Waals surface area contributed by atoms with Crippen LogP contribution in [-0.2, 0) is 11.2 Å². The molecule has 0 fully saturated rings. The minimum absolute atomic E-state index is 0.0247. The Kier molecular flexibility index (Phi) is 6.89. The first-order valence-corrected chi connectivity index (χ1v) is 7.96. The summed E-state index contributed by atoms with van der Waals surface area (Å²) in [6.07, 6.45) is 0.348. The molecule has 1 aromatic rings. The quantitative estimate of drug-likeness (QED) is 0.787. The number of hydrogen-bond acceptors (Lipinski definition) is 4. The summed E-state index contributed by atoms with van der Waals surface area (Å²) >= 11 is 1.84. The van der Waals surface area contributed by atoms with Gasteiger partial charge in [0, 0.05) is 17.0 Å². The monoisotopic (exact) mass is 311 g/mol. The number of rotatable bonds is 7. The molecule has 1 amide bonds. The van der Waals surface area contributed by atoms with E-state index in [0.717, 1.165) is 11.3 Å². The zero-order chi connectivity index (χ0) is 15.9. The second-order valence-electron chi connectivity index (χ2n) is 5.68. The molecule has 0 unspecified atom stereocenters. The van der Waals surface area contributed by atoms with Gasteiger partial charge in [0.1, 0.15) is 0 Å². The minimum atomic E-state index is 0.0247. The third kappa shape index (κ3) is 6.76. The molecule has 0 aliphatic rings. The molecule has 1 rings (SSSR count). The zero-order valence-electron chi connectivity index (χ0n) is 13.5. The summed E-state index contributed by atoms with van der Waals surface area (Å²) in [7, 11) is 3.18. The lowest BCUT2D eigenvalue weighted by Crippen LogP contribution is -2.28. The van der Waals surface area contributed by atoms with Crippen LogP contribution >= 0.6 is 11.8 Å². The van der Waals surface area contributed by atoms with E-state index in [9.17, 15) is 4.79 Å². The van der Waals surface area contributed by atoms with Gasteiger partial charge in [0.15, 0.2) is 11.5 Å². The van der Waals surface area contributed by atoms with Gasteiger partial charge in [-0.05, 0) is 17.7 Å². The van der Waals surface area contributed by atoms with E-state index in [0.29, 0.717) is 24.5 Å². The fourth-order valence-electron chi connectivity index (χ4n) is 1.79. The Morgan fingerprint density at radius 3 is 2.43 bits per heavy atom. The van der Waals surface area contributed by atoms with Gasteiger partial charge in [0.25, 0.3) is 0 Å². The van der Waals surface area contributed by atoms with Crippen molar-refractivity contribution >= 4 is 17.7 Å². The Bertz CT molecular complexity index is 469. The van der Waals surface area contributed by atoms with E-state index >= 15 is 0 Å². The maximum Gasteiger partial charge on any atom is 0.224 e. The van der Waals surface area contributed by atoms with Crippen molar-refractivity contribution in [2.24, 2.45) is 0 Å². The highest BCUT2D eigenvalue weighted by Gasteiger charge is 2.11. The van der Waals surface area contributed by atoms with Crippen molar-refractivity contribution in [1.82, 2.24) is 5.32 Å². The average Bonchev–Trinajstić information content (AvgIpc) is 2.42. The topological polar surface area (TPSA) is 47.6 Å². The summed E-state index contributed by atoms with van der Waals surface area (Å²) < 4.78 is 10.6. The lowest BCUT2D eigenvalue weighted by Gasteiger charge is -2.17. The molecular weight excluding hydrogens is 286 g/mol. The molecule has 1 aromatic carbocycles. The van der Waals surface area contributed by atoms with Crippen molar-refractivity contribution in [3.05, 3.63) is 23.8 Å². The molecule has 1 N–H and O–H groups in total. The van der Waals surface area contributed by atoms with Gasteiger partial charge < -0.3 is 14.8 Å². The van der Waals surface area contributed by atoms with E-state index in [-0.39, 0.29) is 10.7 Å². The highest BCUT2D eigenvalue weighted by molar-refractivity contribution is 8.00. The smallest absolute Gasteiger partial charge is 0.224 e. The molecule has 0 aliphatic carbocycles. The standard InChI is InChI=1S/C16H25NO3S/c1-16(2,3)21-9-8-17-15(18)11-12-6-7-13(19-4)14(10-12)20-5/h6-7,10H,8-9,11H2,1-5H3,(H,17,18). The summed E-state index contributed by atoms with van der Waals surface area (Å²) in [5.41, 5.74) is 0.911. The first-order chi connectivity index (χ1) is 9.85. The van der Waals surface area contributed by atoms with Gasteiger partial charge in [0.05, 0.1) is 20.6 Å². The highest BCUT2D eigenvalue weighted by atomic mass is 32.2. The molecule has 0 heterocycles. The van der Waals surface area contributed by atoms with Gasteiger partial charge in [0.2, 0.25) is 5.91 Å². The fourth-order valence-corrected chi connectivity index (χ4v) is 2.60. The van der Waals surface area contributed by atoms with Gasteiger partial charge in [-0.25, -0.2) is 0 Å². The molecule has 0 atom stereocenters. The first kappa shape index (κ1) is 17.7. The first-order valence-electron chi connectivity index (χ1n) is 6.97. The van der Waals surface area contributed by atoms with Crippen molar-refractivity contribution in [1.29, 1.82) is 0 Å². The molecule has 118 valence electrons. The number of ether oxygens (including phenoxy) is 2. The average molecular weight is 311 g/mol. The molecule has 0 spiro atoms. The van der Waals surface area contributed by atoms with Gasteiger partial charge >= 0.3 is 0 Å². The van der Waals surface area contributed by atoms with Crippen LogP contribution in [0.5, 0.6) is 11.5 Å². The van der Waals surface area contributed by atoms with E-state index in [2.05, 4.69) is 26.1 Å². The molecule has 4 nitrogen and oxygen atoms in total. The summed E-state index contributed by atoms with van der Waals surface area (Å²) in [5, 5.41) is 2.94. The molecule has 0 aromatic heterocycles. The zero-order valence-corrected chi connectivity index (χ0v) is 14.3. The second-order valence-corrected chi connectivity index (χ2v) is 7.60. The van der Waals surface area contributed by atoms with Crippen LogP contribution < -0.4 is 14.8 Å². The van der Waals surface area contributed by atoms with Gasteiger partial charge in [-0.1, -0.05) is 26.8 Å². The number of carbonyl (C=O) groups is 1. The minimum Gasteiger partial charge on any atom is -0.493 e. The third-order valence-corrected chi connectivity index (χ3v) is 4.05. The molecular formula is C16H25NO3S. The van der Waals surface area contributed by atoms with E-state index in [4.69, 9.17) is 9.47 Å². The predicted octanol–water partition coefficient (Wildman–Crippen LogP) is 2.89. The van der Waals surface area contributed by atoms with Crippen LogP contribution in [0.15, 0.2) is 18.2 Å². The molecule has 5 heteroatoms. The SMILES string of the molecule is COc1ccc(CC(=O)NCCSC(C)(C)C)cc1OC. The van der Waals surface area contributed by atoms with Crippen LogP contribution in [0.25, 0.3) is 0 Å². The molecule has 0 radical (unpaired) electrons. The summed E-state index contributed by atoms with van der Waals surface area (Å²) in [4.78, 5) is 11.9. The lowest BCUT2D eigenvalue weighted by atomic mass is 10.1. The van der Waals surface area contributed by atoms with Crippen LogP contribution in [0.4, 0.5) is 0 Å². The summed E-state index contributed by atoms with van der Waals surface area (Å²) in [6.45, 7) is 7.20. The maximum absolute atomic E-state index is 11.9. The van der Waals surface area contributed by atoms with Gasteiger partial charge in [-0.15, -0.1) is 0 Å². The van der Waals surface area contributed by atoms with Crippen LogP contribution in [-0.4, -0.2) is 37.2 Å². The van der Waals surface area contributed by atoms with Crippen molar-refractivity contribution < 1.29 is 14.3 Å². The van der Waals surface area contributed by atoms with E-state index in [1.165, 1.54) is 0 Å². The fraction of sp³-hybridized carbons (Fsp3) is 0.562. The number of benzene rings is 1. The predicted molar refractivity (Wildman–Crippen MR) is 88.5 cm³/mol. The van der Waals surface area contributed by atoms with E-state index in [1.54, 1.807) is 14.2 Å². The van der Waals surface area contributed by atoms with Crippen LogP contribution in [0.1, 0.15) is 26.3 Å². The number of nitrogens with one attached hydrogen (secondary N) is 1. The maximum atomic E-state index is 11.9. The van der Waals surface area contributed by atoms with Gasteiger partial charge in [-0.2, -0.15) is 11.8 Å². The van der Waals surface area contributed by atoms with Crippen molar-refractivity contribution in [3.8, 4) is 11.5 Å². The number of amides is 1. The van der Waals surface area contributed by atoms with E-state index in [1.807, 2.05) is 30.0 Å². The number of carbonyl (C=O) groups excluding carboxylic acids is 1. The van der Waals surface area contributed by atoms with Crippen LogP contribution in [0.2, 0.25) is 0 Å². The second kappa shape index (κ2) is 8.17. The van der Waals surface area contributed by atoms with Crippen molar-refractivity contribution in [3.63, 3.8) is 0 Å². The number of thioether (sulfide) groups is 1. The molecule has 0 aliphatic heterocycles. The molecule has 21 heavy (non-hydrogen) atoms. The highest BCUT2D eigenvalue weighted by Crippen LogP contribution is 2.27. The van der Waals surface area contributed by atoms with Crippen molar-refractivity contribution in [2.45, 2.75) is 31.9 Å². The molecule has 0 saturated heterocycles. The Balaban J connectivity index is 2.44. The van der Waals surface area contributed by atoms with E-state index < -0.39 is 0 Å². The molecule has 0 bridgehead atoms. The third-order valence-electron chi connectivity index (χ3n) is 2.77. The lowest BCUT2D eigenvalue weighted by molar-refractivity contribution is -0.120. The van der Waals surface area contributed by atoms with Crippen LogP contribution in [0, 0.1) is 0 Å². The Labute approximate surface area is 131 Å². The van der Waals surface area contributed by atoms with Gasteiger partial charge in [-0.3, -0.25) is 4.79 Å². The normalized spacial score (nSPS) is 11.1. The Hall–Kier alpha value is -1.36. The number of hydrogen-bond donors (Lipinski definition) is 1. The molecule has 0 saturated carbocycles.